The number of halogens is 1. The van der Waals surface area contributed by atoms with Gasteiger partial charge in [0.1, 0.15) is 11.9 Å². The Bertz CT molecular complexity index is 962. The van der Waals surface area contributed by atoms with Gasteiger partial charge in [-0.2, -0.15) is 0 Å². The zero-order valence-corrected chi connectivity index (χ0v) is 20.1. The molecule has 2 amide bonds. The summed E-state index contributed by atoms with van der Waals surface area (Å²) in [4.78, 5) is 30.9. The van der Waals surface area contributed by atoms with Crippen LogP contribution in [0.25, 0.3) is 0 Å². The molecule has 2 atom stereocenters. The molecule has 5 nitrogen and oxygen atoms in total. The van der Waals surface area contributed by atoms with E-state index in [1.165, 1.54) is 0 Å². The van der Waals surface area contributed by atoms with E-state index >= 15 is 0 Å². The molecule has 0 aromatic heterocycles. The molecule has 0 saturated heterocycles. The largest absolute Gasteiger partial charge is 0.487 e. The van der Waals surface area contributed by atoms with Gasteiger partial charge >= 0.3 is 0 Å². The third kappa shape index (κ3) is 5.52. The van der Waals surface area contributed by atoms with Crippen LogP contribution in [0.1, 0.15) is 72.6 Å². The van der Waals surface area contributed by atoms with E-state index in [0.717, 1.165) is 44.9 Å². The number of nitrogens with zero attached hydrogens (tertiary/aromatic N) is 2. The first kappa shape index (κ1) is 23.6. The maximum Gasteiger partial charge on any atom is 0.257 e. The van der Waals surface area contributed by atoms with Crippen molar-refractivity contribution in [2.45, 2.75) is 64.0 Å². The van der Waals surface area contributed by atoms with Crippen LogP contribution in [0.3, 0.4) is 0 Å². The molecule has 1 fully saturated rings. The van der Waals surface area contributed by atoms with Gasteiger partial charge in [-0.05, 0) is 74.9 Å². The van der Waals surface area contributed by atoms with Gasteiger partial charge in [-0.15, -0.1) is 0 Å². The number of hydrogen-bond acceptors (Lipinski definition) is 3. The fraction of sp³-hybridized carbons (Fsp3) is 0.481. The van der Waals surface area contributed by atoms with Gasteiger partial charge in [-0.3, -0.25) is 9.59 Å². The molecular weight excluding hydrogens is 436 g/mol. The molecule has 33 heavy (non-hydrogen) atoms. The van der Waals surface area contributed by atoms with Gasteiger partial charge in [-0.25, -0.2) is 0 Å². The topological polar surface area (TPSA) is 49.9 Å². The number of rotatable bonds is 3. The molecule has 176 valence electrons. The Morgan fingerprint density at radius 1 is 1.00 bits per heavy atom. The molecular formula is C27H33ClN2O3. The SMILES string of the molecule is CCCN1CCCCN(C(=O)c2ccc(Cl)cc2)[C@@H]2CCCC[C@@H]2Oc2ccccc2C1=O. The Kier molecular flexibility index (Phi) is 7.92. The molecule has 2 aromatic carbocycles. The molecule has 0 N–H and O–H groups in total. The zero-order chi connectivity index (χ0) is 23.2. The van der Waals surface area contributed by atoms with Gasteiger partial charge < -0.3 is 14.5 Å². The fourth-order valence-corrected chi connectivity index (χ4v) is 5.12. The Balaban J connectivity index is 1.68. The minimum atomic E-state index is -0.136. The lowest BCUT2D eigenvalue weighted by Crippen LogP contribution is -2.51. The van der Waals surface area contributed by atoms with Crippen molar-refractivity contribution in [2.75, 3.05) is 19.6 Å². The van der Waals surface area contributed by atoms with E-state index in [4.69, 9.17) is 16.3 Å². The summed E-state index contributed by atoms with van der Waals surface area (Å²) in [5.41, 5.74) is 1.27. The Hall–Kier alpha value is -2.53. The molecule has 0 bridgehead atoms. The average molecular weight is 469 g/mol. The Morgan fingerprint density at radius 2 is 1.73 bits per heavy atom. The van der Waals surface area contributed by atoms with Gasteiger partial charge in [-0.1, -0.05) is 37.1 Å². The maximum atomic E-state index is 13.6. The number of amides is 2. The Morgan fingerprint density at radius 3 is 2.52 bits per heavy atom. The van der Waals surface area contributed by atoms with E-state index < -0.39 is 0 Å². The minimum Gasteiger partial charge on any atom is -0.487 e. The van der Waals surface area contributed by atoms with Crippen LogP contribution in [-0.4, -0.2) is 53.4 Å². The first-order valence-corrected chi connectivity index (χ1v) is 12.6. The summed E-state index contributed by atoms with van der Waals surface area (Å²) < 4.78 is 6.54. The third-order valence-electron chi connectivity index (χ3n) is 6.67. The van der Waals surface area contributed by atoms with Gasteiger partial charge in [0, 0.05) is 30.2 Å². The highest BCUT2D eigenvalue weighted by Crippen LogP contribution is 2.31. The molecule has 1 heterocycles. The first-order chi connectivity index (χ1) is 16.1. The van der Waals surface area contributed by atoms with Crippen LogP contribution >= 0.6 is 11.6 Å². The Labute approximate surface area is 201 Å². The summed E-state index contributed by atoms with van der Waals surface area (Å²) in [7, 11) is 0. The quantitative estimate of drug-likeness (QED) is 0.570. The zero-order valence-electron chi connectivity index (χ0n) is 19.3. The summed E-state index contributed by atoms with van der Waals surface area (Å²) in [5.74, 6) is 0.688. The molecule has 1 aliphatic heterocycles. The first-order valence-electron chi connectivity index (χ1n) is 12.2. The van der Waals surface area contributed by atoms with E-state index in [9.17, 15) is 9.59 Å². The highest BCUT2D eigenvalue weighted by molar-refractivity contribution is 6.30. The average Bonchev–Trinajstić information content (AvgIpc) is 2.83. The van der Waals surface area contributed by atoms with Crippen molar-refractivity contribution in [2.24, 2.45) is 0 Å². The van der Waals surface area contributed by atoms with Gasteiger partial charge in [0.2, 0.25) is 0 Å². The second-order valence-electron chi connectivity index (χ2n) is 9.01. The van der Waals surface area contributed by atoms with Gasteiger partial charge in [0.15, 0.2) is 0 Å². The lowest BCUT2D eigenvalue weighted by atomic mass is 9.90. The van der Waals surface area contributed by atoms with Crippen LogP contribution in [0, 0.1) is 0 Å². The summed E-state index contributed by atoms with van der Waals surface area (Å²) in [6.07, 6.45) is 6.37. The number of benzene rings is 2. The van der Waals surface area contributed by atoms with E-state index in [1.807, 2.05) is 34.1 Å². The number of para-hydroxylation sites is 1. The van der Waals surface area contributed by atoms with Crippen LogP contribution in [0.15, 0.2) is 48.5 Å². The predicted molar refractivity (Wildman–Crippen MR) is 131 cm³/mol. The smallest absolute Gasteiger partial charge is 0.257 e. The van der Waals surface area contributed by atoms with Gasteiger partial charge in [0.05, 0.1) is 11.6 Å². The van der Waals surface area contributed by atoms with Crippen molar-refractivity contribution in [1.29, 1.82) is 0 Å². The summed E-state index contributed by atoms with van der Waals surface area (Å²) in [5, 5.41) is 0.622. The van der Waals surface area contributed by atoms with Gasteiger partial charge in [0.25, 0.3) is 11.8 Å². The molecule has 0 radical (unpaired) electrons. The van der Waals surface area contributed by atoms with Crippen LogP contribution < -0.4 is 4.74 Å². The normalized spacial score (nSPS) is 21.8. The summed E-state index contributed by atoms with van der Waals surface area (Å²) in [6, 6.07) is 14.7. The fourth-order valence-electron chi connectivity index (χ4n) is 5.00. The molecule has 1 aliphatic carbocycles. The van der Waals surface area contributed by atoms with Crippen molar-refractivity contribution < 1.29 is 14.3 Å². The highest BCUT2D eigenvalue weighted by atomic mass is 35.5. The monoisotopic (exact) mass is 468 g/mol. The summed E-state index contributed by atoms with van der Waals surface area (Å²) >= 11 is 6.06. The molecule has 0 spiro atoms. The molecule has 4 rings (SSSR count). The second-order valence-corrected chi connectivity index (χ2v) is 9.45. The predicted octanol–water partition coefficient (Wildman–Crippen LogP) is 5.82. The van der Waals surface area contributed by atoms with Crippen LogP contribution in [0.4, 0.5) is 0 Å². The van der Waals surface area contributed by atoms with Crippen molar-refractivity contribution >= 4 is 23.4 Å². The molecule has 0 unspecified atom stereocenters. The van der Waals surface area contributed by atoms with Crippen LogP contribution in [-0.2, 0) is 0 Å². The standard InChI is InChI=1S/C27H33ClN2O3/c1-2-17-29-18-7-8-19-30(26(31)20-13-15-21(28)16-14-20)23-10-4-6-12-25(23)33-24-11-5-3-9-22(24)27(29)32/h3,5,9,11,13-16,23,25H,2,4,6-8,10,12,17-19H2,1H3/t23-,25+/m1/s1. The van der Waals surface area contributed by atoms with E-state index in [2.05, 4.69) is 6.92 Å². The van der Waals surface area contributed by atoms with Crippen LogP contribution in [0.5, 0.6) is 5.75 Å². The van der Waals surface area contributed by atoms with Crippen molar-refractivity contribution in [3.05, 3.63) is 64.7 Å². The number of fused-ring (bicyclic) bond motifs is 2. The second kappa shape index (κ2) is 11.1. The number of hydrogen-bond donors (Lipinski definition) is 0. The van der Waals surface area contributed by atoms with Crippen molar-refractivity contribution in [3.8, 4) is 5.75 Å². The highest BCUT2D eigenvalue weighted by Gasteiger charge is 2.36. The van der Waals surface area contributed by atoms with E-state index in [-0.39, 0.29) is 24.0 Å². The lowest BCUT2D eigenvalue weighted by molar-refractivity contribution is 0.0259. The number of carbonyl (C=O) groups is 2. The van der Waals surface area contributed by atoms with Crippen LogP contribution in [0.2, 0.25) is 5.02 Å². The molecule has 1 saturated carbocycles. The van der Waals surface area contributed by atoms with E-state index in [0.29, 0.717) is 41.5 Å². The molecule has 2 aliphatic rings. The molecule has 2 aromatic rings. The molecule has 6 heteroatoms. The van der Waals surface area contributed by atoms with E-state index in [1.54, 1.807) is 24.3 Å². The number of ether oxygens (including phenoxy) is 1. The van der Waals surface area contributed by atoms with Crippen molar-refractivity contribution in [3.63, 3.8) is 0 Å². The van der Waals surface area contributed by atoms with Crippen molar-refractivity contribution in [1.82, 2.24) is 9.80 Å². The summed E-state index contributed by atoms with van der Waals surface area (Å²) in [6.45, 7) is 4.14. The minimum absolute atomic E-state index is 0.0174. The lowest BCUT2D eigenvalue weighted by Gasteiger charge is -2.40. The maximum absolute atomic E-state index is 13.6. The number of carbonyl (C=O) groups excluding carboxylic acids is 2. The third-order valence-corrected chi connectivity index (χ3v) is 6.93.